The predicted molar refractivity (Wildman–Crippen MR) is 65.5 cm³/mol. The Morgan fingerprint density at radius 3 is 1.95 bits per heavy atom. The molecule has 0 saturated heterocycles. The molecule has 3 N–H and O–H groups in total. The van der Waals surface area contributed by atoms with Gasteiger partial charge in [0.15, 0.2) is 0 Å². The molecule has 110 valence electrons. The van der Waals surface area contributed by atoms with Gasteiger partial charge in [0.05, 0.1) is 0 Å². The van der Waals surface area contributed by atoms with E-state index in [4.69, 9.17) is 19.5 Å². The zero-order valence-electron chi connectivity index (χ0n) is 11.2. The number of carboxylic acid groups (broad SMARTS) is 2. The molecule has 0 aliphatic carbocycles. The molecule has 1 aromatic carbocycles. The quantitative estimate of drug-likeness (QED) is 0.307. The largest absolute Gasteiger partial charge is 1.00 e. The van der Waals surface area contributed by atoms with Crippen LogP contribution in [0.5, 0.6) is 5.75 Å². The zero-order valence-corrected chi connectivity index (χ0v) is 14.0. The van der Waals surface area contributed by atoms with Gasteiger partial charge in [0.1, 0.15) is 0 Å². The maximum absolute atomic E-state index is 11.1. The third-order valence-corrected chi connectivity index (χ3v) is 3.41. The van der Waals surface area contributed by atoms with Crippen LogP contribution in [0.1, 0.15) is 34.1 Å². The van der Waals surface area contributed by atoms with Crippen LogP contribution in [-0.4, -0.2) is 40.6 Å². The molecular formula is C11H11NaO8S. The average molecular weight is 326 g/mol. The smallest absolute Gasteiger partial charge is 0.496 e. The second-order valence-corrected chi connectivity index (χ2v) is 5.25. The number of hydrogen-bond donors (Lipinski definition) is 3. The van der Waals surface area contributed by atoms with Gasteiger partial charge in [-0.2, -0.15) is 26.6 Å². The van der Waals surface area contributed by atoms with Crippen molar-refractivity contribution in [1.82, 2.24) is 0 Å². The van der Waals surface area contributed by atoms with Crippen LogP contribution in [0, 0.1) is 6.07 Å². The van der Waals surface area contributed by atoms with Crippen LogP contribution in [0.2, 0.25) is 0 Å². The van der Waals surface area contributed by atoms with Gasteiger partial charge in [-0.15, -0.1) is 0 Å². The Morgan fingerprint density at radius 2 is 1.67 bits per heavy atom. The molecule has 21 heavy (non-hydrogen) atoms. The molecule has 0 saturated carbocycles. The summed E-state index contributed by atoms with van der Waals surface area (Å²) in [6.45, 7) is 1.37. The summed E-state index contributed by atoms with van der Waals surface area (Å²) in [6, 6.07) is 4.20. The first kappa shape index (κ1) is 19.9. The van der Waals surface area contributed by atoms with Gasteiger partial charge in [-0.3, -0.25) is 14.1 Å². The Morgan fingerprint density at radius 1 is 1.24 bits per heavy atom. The number of aromatic carboxylic acids is 2. The predicted octanol–water partition coefficient (Wildman–Crippen LogP) is -2.11. The van der Waals surface area contributed by atoms with E-state index in [0.29, 0.717) is 0 Å². The molecule has 10 heteroatoms. The zero-order chi connectivity index (χ0) is 15.5. The van der Waals surface area contributed by atoms with Crippen molar-refractivity contribution in [2.75, 3.05) is 0 Å². The molecule has 1 unspecified atom stereocenters. The Hall–Kier alpha value is -1.13. The second-order valence-electron chi connectivity index (χ2n) is 3.69. The molecule has 0 fully saturated rings. The van der Waals surface area contributed by atoms with Crippen molar-refractivity contribution in [3.05, 3.63) is 29.3 Å². The minimum atomic E-state index is -4.62. The van der Waals surface area contributed by atoms with E-state index in [2.05, 4.69) is 6.07 Å². The fourth-order valence-electron chi connectivity index (χ4n) is 1.42. The Labute approximate surface area is 142 Å². The molecule has 8 nitrogen and oxygen atoms in total. The standard InChI is InChI=1S/C11H11O8S.Na/c1-2-8(20(16,17)18)19-9-6(10(12)13)4-3-5-7(9)11(14)15;/h4-5,8H,2H2,1H3,(H,12,13)(H,14,15)(H,16,17,18);/q-1;+1. The third-order valence-electron chi connectivity index (χ3n) is 2.32. The second kappa shape index (κ2) is 7.76. The molecule has 1 aromatic rings. The number of hydrogen-bond acceptors (Lipinski definition) is 5. The summed E-state index contributed by atoms with van der Waals surface area (Å²) in [5, 5.41) is 17.9. The van der Waals surface area contributed by atoms with E-state index >= 15 is 0 Å². The molecule has 0 amide bonds. The maximum Gasteiger partial charge on any atom is 1.00 e. The van der Waals surface area contributed by atoms with E-state index in [0.717, 1.165) is 12.1 Å². The SMILES string of the molecule is CCC(Oc1c(C(=O)O)c[c-]cc1C(=O)O)S(=O)(=O)O.[Na+]. The van der Waals surface area contributed by atoms with Gasteiger partial charge in [-0.25, -0.2) is 0 Å². The number of carbonyl (C=O) groups is 2. The van der Waals surface area contributed by atoms with Gasteiger partial charge < -0.3 is 14.9 Å². The van der Waals surface area contributed by atoms with Crippen molar-refractivity contribution in [3.63, 3.8) is 0 Å². The first-order valence-corrected chi connectivity index (χ1v) is 6.82. The van der Waals surface area contributed by atoms with Gasteiger partial charge in [-0.1, -0.05) is 6.92 Å². The van der Waals surface area contributed by atoms with E-state index in [1.807, 2.05) is 0 Å². The fraction of sp³-hybridized carbons (Fsp3) is 0.273. The summed E-state index contributed by atoms with van der Waals surface area (Å²) >= 11 is 0. The molecule has 0 spiro atoms. The van der Waals surface area contributed by atoms with Gasteiger partial charge in [-0.05, 0) is 17.5 Å². The molecule has 1 rings (SSSR count). The molecule has 1 atom stereocenters. The van der Waals surface area contributed by atoms with Crippen LogP contribution in [0.25, 0.3) is 0 Å². The molecule has 0 radical (unpaired) electrons. The number of benzene rings is 1. The summed E-state index contributed by atoms with van der Waals surface area (Å²) in [4.78, 5) is 22.0. The average Bonchev–Trinajstić information content (AvgIpc) is 2.33. The van der Waals surface area contributed by atoms with Gasteiger partial charge >= 0.3 is 39.7 Å². The van der Waals surface area contributed by atoms with E-state index < -0.39 is 44.4 Å². The topological polar surface area (TPSA) is 138 Å². The van der Waals surface area contributed by atoms with Crippen molar-refractivity contribution in [2.24, 2.45) is 0 Å². The van der Waals surface area contributed by atoms with Gasteiger partial charge in [0.2, 0.25) is 5.44 Å². The first-order chi connectivity index (χ1) is 9.18. The van der Waals surface area contributed by atoms with Crippen LogP contribution in [0.4, 0.5) is 0 Å². The van der Waals surface area contributed by atoms with Crippen LogP contribution in [0.15, 0.2) is 12.1 Å². The van der Waals surface area contributed by atoms with Crippen molar-refractivity contribution < 1.29 is 67.1 Å². The summed E-state index contributed by atoms with van der Waals surface area (Å²) in [5.74, 6) is -3.66. The van der Waals surface area contributed by atoms with Gasteiger partial charge in [0, 0.05) is 5.75 Å². The molecule has 0 bridgehead atoms. The fourth-order valence-corrected chi connectivity index (χ4v) is 2.05. The molecule has 0 aromatic heterocycles. The van der Waals surface area contributed by atoms with E-state index in [-0.39, 0.29) is 36.0 Å². The molecule has 0 aliphatic rings. The number of carboxylic acids is 2. The molecular weight excluding hydrogens is 315 g/mol. The monoisotopic (exact) mass is 326 g/mol. The van der Waals surface area contributed by atoms with Crippen molar-refractivity contribution in [2.45, 2.75) is 18.8 Å². The Kier molecular flexibility index (Phi) is 7.34. The van der Waals surface area contributed by atoms with Crippen LogP contribution >= 0.6 is 0 Å². The first-order valence-electron chi connectivity index (χ1n) is 5.32. The van der Waals surface area contributed by atoms with Crippen molar-refractivity contribution >= 4 is 22.1 Å². The summed E-state index contributed by atoms with van der Waals surface area (Å²) in [7, 11) is -4.62. The van der Waals surface area contributed by atoms with Crippen molar-refractivity contribution in [3.8, 4) is 5.75 Å². The van der Waals surface area contributed by atoms with E-state index in [1.54, 1.807) is 0 Å². The van der Waals surface area contributed by atoms with Crippen LogP contribution in [0.3, 0.4) is 0 Å². The summed E-state index contributed by atoms with van der Waals surface area (Å²) in [5.41, 5.74) is -2.89. The minimum absolute atomic E-state index is 0. The van der Waals surface area contributed by atoms with Crippen LogP contribution < -0.4 is 34.3 Å². The Balaban J connectivity index is 0.00000400. The minimum Gasteiger partial charge on any atom is -0.496 e. The maximum atomic E-state index is 11.1. The summed E-state index contributed by atoms with van der Waals surface area (Å²) < 4.78 is 35.9. The molecule has 0 aliphatic heterocycles. The number of rotatable bonds is 6. The number of ether oxygens (including phenoxy) is 1. The summed E-state index contributed by atoms with van der Waals surface area (Å²) in [6.07, 6.45) is -0.199. The van der Waals surface area contributed by atoms with E-state index in [1.165, 1.54) is 6.92 Å². The Bertz CT molecular complexity index is 607. The van der Waals surface area contributed by atoms with E-state index in [9.17, 15) is 18.0 Å². The normalized spacial score (nSPS) is 12.1. The van der Waals surface area contributed by atoms with Crippen molar-refractivity contribution in [1.29, 1.82) is 0 Å². The van der Waals surface area contributed by atoms with Crippen LogP contribution in [-0.2, 0) is 10.1 Å². The third kappa shape index (κ3) is 4.97. The van der Waals surface area contributed by atoms with Gasteiger partial charge in [0.25, 0.3) is 11.9 Å². The molecule has 0 heterocycles.